The van der Waals surface area contributed by atoms with Crippen LogP contribution < -0.4 is 5.73 Å². The molecule has 0 aliphatic rings. The van der Waals surface area contributed by atoms with Crippen molar-refractivity contribution >= 4 is 17.6 Å². The van der Waals surface area contributed by atoms with Crippen molar-refractivity contribution in [2.45, 2.75) is 32.7 Å². The molecule has 0 atom stereocenters. The van der Waals surface area contributed by atoms with Gasteiger partial charge in [-0.05, 0) is 31.5 Å². The topological polar surface area (TPSA) is 83.6 Å². The van der Waals surface area contributed by atoms with Crippen molar-refractivity contribution in [2.24, 2.45) is 0 Å². The minimum atomic E-state index is -0.901. The third-order valence-electron chi connectivity index (χ3n) is 2.82. The fourth-order valence-corrected chi connectivity index (χ4v) is 1.87. The minimum absolute atomic E-state index is 0.0205. The molecule has 0 radical (unpaired) electrons. The fraction of sp³-hybridized carbons (Fsp3) is 0.429. The van der Waals surface area contributed by atoms with Crippen LogP contribution in [0.25, 0.3) is 0 Å². The number of aliphatic carboxylic acids is 1. The number of hydrogen-bond acceptors (Lipinski definition) is 3. The van der Waals surface area contributed by atoms with Crippen molar-refractivity contribution < 1.29 is 14.7 Å². The van der Waals surface area contributed by atoms with Gasteiger partial charge in [-0.15, -0.1) is 0 Å². The fourth-order valence-electron chi connectivity index (χ4n) is 1.87. The summed E-state index contributed by atoms with van der Waals surface area (Å²) in [5.74, 6) is -0.982. The van der Waals surface area contributed by atoms with E-state index in [0.29, 0.717) is 5.69 Å². The molecule has 5 heteroatoms. The SMILES string of the molecule is CC(C)N(CCC(=O)O)C(=O)Cc1cccc(N)c1. The lowest BCUT2D eigenvalue weighted by atomic mass is 10.1. The molecule has 1 rings (SSSR count). The first-order valence-corrected chi connectivity index (χ1v) is 6.26. The third kappa shape index (κ3) is 4.99. The van der Waals surface area contributed by atoms with E-state index in [1.807, 2.05) is 19.9 Å². The van der Waals surface area contributed by atoms with E-state index in [9.17, 15) is 9.59 Å². The molecule has 1 amide bonds. The molecule has 0 fully saturated rings. The first-order chi connectivity index (χ1) is 8.90. The number of anilines is 1. The number of carbonyl (C=O) groups excluding carboxylic acids is 1. The van der Waals surface area contributed by atoms with Crippen LogP contribution in [-0.2, 0) is 16.0 Å². The van der Waals surface area contributed by atoms with Crippen LogP contribution in [0.15, 0.2) is 24.3 Å². The molecule has 1 aromatic rings. The van der Waals surface area contributed by atoms with Gasteiger partial charge in [0.15, 0.2) is 0 Å². The molecule has 0 aliphatic carbocycles. The van der Waals surface area contributed by atoms with Crippen molar-refractivity contribution in [2.75, 3.05) is 12.3 Å². The van der Waals surface area contributed by atoms with Gasteiger partial charge in [-0.1, -0.05) is 12.1 Å². The standard InChI is InChI=1S/C14H20N2O3/c1-10(2)16(7-6-14(18)19)13(17)9-11-4-3-5-12(15)8-11/h3-5,8,10H,6-7,9,15H2,1-2H3,(H,18,19). The van der Waals surface area contributed by atoms with Crippen LogP contribution in [0, 0.1) is 0 Å². The number of carboxylic acid groups (broad SMARTS) is 1. The van der Waals surface area contributed by atoms with Crippen molar-refractivity contribution in [3.8, 4) is 0 Å². The smallest absolute Gasteiger partial charge is 0.305 e. The summed E-state index contributed by atoms with van der Waals surface area (Å²) >= 11 is 0. The highest BCUT2D eigenvalue weighted by Crippen LogP contribution is 2.10. The van der Waals surface area contributed by atoms with Gasteiger partial charge in [-0.2, -0.15) is 0 Å². The Morgan fingerprint density at radius 1 is 1.37 bits per heavy atom. The highest BCUT2D eigenvalue weighted by Gasteiger charge is 2.18. The van der Waals surface area contributed by atoms with E-state index in [4.69, 9.17) is 10.8 Å². The van der Waals surface area contributed by atoms with Gasteiger partial charge in [0.25, 0.3) is 0 Å². The van der Waals surface area contributed by atoms with Gasteiger partial charge in [-0.25, -0.2) is 0 Å². The number of nitrogens with zero attached hydrogens (tertiary/aromatic N) is 1. The van der Waals surface area contributed by atoms with Gasteiger partial charge in [0.1, 0.15) is 0 Å². The Labute approximate surface area is 113 Å². The molecule has 0 saturated carbocycles. The van der Waals surface area contributed by atoms with E-state index in [0.717, 1.165) is 5.56 Å². The average molecular weight is 264 g/mol. The summed E-state index contributed by atoms with van der Waals surface area (Å²) in [5.41, 5.74) is 7.12. The Bertz CT molecular complexity index is 458. The van der Waals surface area contributed by atoms with Crippen LogP contribution in [0.1, 0.15) is 25.8 Å². The van der Waals surface area contributed by atoms with Crippen molar-refractivity contribution in [1.29, 1.82) is 0 Å². The zero-order valence-electron chi connectivity index (χ0n) is 11.3. The molecular formula is C14H20N2O3. The number of nitrogens with two attached hydrogens (primary N) is 1. The first-order valence-electron chi connectivity index (χ1n) is 6.26. The van der Waals surface area contributed by atoms with E-state index in [1.54, 1.807) is 23.1 Å². The van der Waals surface area contributed by atoms with Crippen molar-refractivity contribution in [3.05, 3.63) is 29.8 Å². The van der Waals surface area contributed by atoms with Crippen LogP contribution in [-0.4, -0.2) is 34.5 Å². The second-order valence-electron chi connectivity index (χ2n) is 4.75. The molecule has 3 N–H and O–H groups in total. The lowest BCUT2D eigenvalue weighted by Crippen LogP contribution is -2.39. The molecule has 19 heavy (non-hydrogen) atoms. The van der Waals surface area contributed by atoms with Crippen LogP contribution >= 0.6 is 0 Å². The lowest BCUT2D eigenvalue weighted by Gasteiger charge is -2.26. The van der Waals surface area contributed by atoms with Gasteiger partial charge < -0.3 is 15.7 Å². The minimum Gasteiger partial charge on any atom is -0.481 e. The summed E-state index contributed by atoms with van der Waals surface area (Å²) in [6.45, 7) is 3.98. The summed E-state index contributed by atoms with van der Waals surface area (Å²) in [5, 5.41) is 8.70. The molecule has 1 aromatic carbocycles. The molecule has 0 aliphatic heterocycles. The molecule has 0 spiro atoms. The number of hydrogen-bond donors (Lipinski definition) is 2. The van der Waals surface area contributed by atoms with Gasteiger partial charge in [0.05, 0.1) is 12.8 Å². The van der Waals surface area contributed by atoms with Crippen molar-refractivity contribution in [1.82, 2.24) is 4.90 Å². The zero-order chi connectivity index (χ0) is 14.4. The van der Waals surface area contributed by atoms with E-state index in [-0.39, 0.29) is 31.3 Å². The number of nitrogen functional groups attached to an aromatic ring is 1. The molecule has 104 valence electrons. The largest absolute Gasteiger partial charge is 0.481 e. The Morgan fingerprint density at radius 2 is 2.05 bits per heavy atom. The quantitative estimate of drug-likeness (QED) is 0.763. The van der Waals surface area contributed by atoms with Crippen LogP contribution in [0.2, 0.25) is 0 Å². The molecule has 5 nitrogen and oxygen atoms in total. The Balaban J connectivity index is 2.69. The number of benzene rings is 1. The van der Waals surface area contributed by atoms with Crippen LogP contribution in [0.3, 0.4) is 0 Å². The van der Waals surface area contributed by atoms with Crippen molar-refractivity contribution in [3.63, 3.8) is 0 Å². The Morgan fingerprint density at radius 3 is 2.58 bits per heavy atom. The maximum atomic E-state index is 12.2. The summed E-state index contributed by atoms with van der Waals surface area (Å²) in [7, 11) is 0. The van der Waals surface area contributed by atoms with E-state index in [1.165, 1.54) is 0 Å². The lowest BCUT2D eigenvalue weighted by molar-refractivity contribution is -0.139. The van der Waals surface area contributed by atoms with Gasteiger partial charge in [0, 0.05) is 18.3 Å². The second-order valence-corrected chi connectivity index (χ2v) is 4.75. The summed E-state index contributed by atoms with van der Waals surface area (Å²) in [6, 6.07) is 7.14. The van der Waals surface area contributed by atoms with E-state index >= 15 is 0 Å². The monoisotopic (exact) mass is 264 g/mol. The molecule has 0 aromatic heterocycles. The maximum absolute atomic E-state index is 12.2. The summed E-state index contributed by atoms with van der Waals surface area (Å²) in [6.07, 6.45) is 0.198. The first kappa shape index (κ1) is 15.0. The summed E-state index contributed by atoms with van der Waals surface area (Å²) < 4.78 is 0. The van der Waals surface area contributed by atoms with Gasteiger partial charge in [0.2, 0.25) is 5.91 Å². The predicted molar refractivity (Wildman–Crippen MR) is 73.7 cm³/mol. The van der Waals surface area contributed by atoms with Gasteiger partial charge >= 0.3 is 5.97 Å². The predicted octanol–water partition coefficient (Wildman–Crippen LogP) is 1.52. The third-order valence-corrected chi connectivity index (χ3v) is 2.82. The zero-order valence-corrected chi connectivity index (χ0v) is 11.3. The number of rotatable bonds is 6. The molecule has 0 saturated heterocycles. The molecular weight excluding hydrogens is 244 g/mol. The van der Waals surface area contributed by atoms with Crippen LogP contribution in [0.5, 0.6) is 0 Å². The number of carbonyl (C=O) groups is 2. The van der Waals surface area contributed by atoms with E-state index < -0.39 is 5.97 Å². The Hall–Kier alpha value is -2.04. The summed E-state index contributed by atoms with van der Waals surface area (Å²) in [4.78, 5) is 24.3. The second kappa shape index (κ2) is 6.78. The van der Waals surface area contributed by atoms with Crippen LogP contribution in [0.4, 0.5) is 5.69 Å². The Kier molecular flexibility index (Phi) is 5.36. The highest BCUT2D eigenvalue weighted by molar-refractivity contribution is 5.80. The molecule has 0 unspecified atom stereocenters. The number of carboxylic acids is 1. The normalized spacial score (nSPS) is 10.5. The molecule has 0 bridgehead atoms. The van der Waals surface area contributed by atoms with Gasteiger partial charge in [-0.3, -0.25) is 9.59 Å². The maximum Gasteiger partial charge on any atom is 0.305 e. The molecule has 0 heterocycles. The van der Waals surface area contributed by atoms with E-state index in [2.05, 4.69) is 0 Å². The highest BCUT2D eigenvalue weighted by atomic mass is 16.4. The number of amides is 1. The average Bonchev–Trinajstić information content (AvgIpc) is 2.28.